The smallest absolute Gasteiger partial charge is 0.374 e. The summed E-state index contributed by atoms with van der Waals surface area (Å²) in [6.07, 6.45) is -4.53. The molecule has 0 aliphatic heterocycles. The molecule has 10 heteroatoms. The van der Waals surface area contributed by atoms with E-state index in [4.69, 9.17) is 5.73 Å². The Morgan fingerprint density at radius 2 is 2.05 bits per heavy atom. The van der Waals surface area contributed by atoms with E-state index in [9.17, 15) is 18.0 Å². The van der Waals surface area contributed by atoms with Gasteiger partial charge in [-0.15, -0.1) is 10.2 Å². The molecule has 0 bridgehead atoms. The van der Waals surface area contributed by atoms with Crippen molar-refractivity contribution in [3.8, 4) is 0 Å². The fourth-order valence-electron chi connectivity index (χ4n) is 1.55. The van der Waals surface area contributed by atoms with Gasteiger partial charge in [-0.3, -0.25) is 4.79 Å². The van der Waals surface area contributed by atoms with Crippen LogP contribution in [0.4, 0.5) is 24.0 Å². The van der Waals surface area contributed by atoms with Crippen LogP contribution in [-0.2, 0) is 11.0 Å². The summed E-state index contributed by atoms with van der Waals surface area (Å²) >= 11 is 2.18. The number of anilines is 2. The van der Waals surface area contributed by atoms with Gasteiger partial charge in [0.05, 0.1) is 16.5 Å². The third-order valence-corrected chi connectivity index (χ3v) is 4.50. The number of thioether (sulfide) groups is 1. The number of rotatable bonds is 4. The molecule has 0 saturated heterocycles. The van der Waals surface area contributed by atoms with Crippen molar-refractivity contribution in [2.75, 3.05) is 11.1 Å². The van der Waals surface area contributed by atoms with Crippen molar-refractivity contribution in [3.05, 3.63) is 29.8 Å². The number of carbonyl (C=O) groups is 1. The van der Waals surface area contributed by atoms with Crippen molar-refractivity contribution in [2.24, 2.45) is 0 Å². The van der Waals surface area contributed by atoms with Crippen molar-refractivity contribution in [2.45, 2.75) is 22.7 Å². The highest BCUT2D eigenvalue weighted by Crippen LogP contribution is 2.35. The van der Waals surface area contributed by atoms with Crippen molar-refractivity contribution in [1.82, 2.24) is 10.2 Å². The Balaban J connectivity index is 2.09. The van der Waals surface area contributed by atoms with Crippen LogP contribution in [0, 0.1) is 0 Å². The van der Waals surface area contributed by atoms with Gasteiger partial charge in [0.15, 0.2) is 4.34 Å². The average Bonchev–Trinajstić information content (AvgIpc) is 2.83. The highest BCUT2D eigenvalue weighted by molar-refractivity contribution is 8.02. The molecule has 0 fully saturated rings. The number of benzene rings is 1. The monoisotopic (exact) mass is 348 g/mol. The van der Waals surface area contributed by atoms with Crippen LogP contribution in [0.2, 0.25) is 0 Å². The van der Waals surface area contributed by atoms with Crippen LogP contribution >= 0.6 is 23.1 Å². The molecular weight excluding hydrogens is 337 g/mol. The highest BCUT2D eigenvalue weighted by Gasteiger charge is 2.33. The maximum Gasteiger partial charge on any atom is 0.418 e. The Kier molecular flexibility index (Phi) is 4.91. The number of alkyl halides is 3. The lowest BCUT2D eigenvalue weighted by atomic mass is 10.1. The normalized spacial score (nSPS) is 12.9. The summed E-state index contributed by atoms with van der Waals surface area (Å²) in [5.74, 6) is -0.560. The van der Waals surface area contributed by atoms with Crippen LogP contribution in [0.1, 0.15) is 12.5 Å². The first-order valence-electron chi connectivity index (χ1n) is 6.00. The summed E-state index contributed by atoms with van der Waals surface area (Å²) in [7, 11) is 0. The fourth-order valence-corrected chi connectivity index (χ4v) is 3.33. The van der Waals surface area contributed by atoms with Crippen LogP contribution < -0.4 is 11.1 Å². The number of carbonyl (C=O) groups excluding carboxylic acids is 1. The van der Waals surface area contributed by atoms with Gasteiger partial charge in [0.25, 0.3) is 0 Å². The van der Waals surface area contributed by atoms with Gasteiger partial charge in [-0.25, -0.2) is 0 Å². The molecule has 1 heterocycles. The minimum absolute atomic E-state index is 0.262. The summed E-state index contributed by atoms with van der Waals surface area (Å²) in [6.45, 7) is 1.56. The molecule has 1 aromatic carbocycles. The summed E-state index contributed by atoms with van der Waals surface area (Å²) < 4.78 is 39.1. The second kappa shape index (κ2) is 6.53. The number of aromatic nitrogens is 2. The molecule has 118 valence electrons. The van der Waals surface area contributed by atoms with Gasteiger partial charge in [0.2, 0.25) is 11.0 Å². The van der Waals surface area contributed by atoms with E-state index in [1.165, 1.54) is 18.2 Å². The molecule has 0 aliphatic carbocycles. The summed E-state index contributed by atoms with van der Waals surface area (Å²) in [6, 6.07) is 4.81. The largest absolute Gasteiger partial charge is 0.418 e. The molecular formula is C12H11F3N4OS2. The van der Waals surface area contributed by atoms with E-state index in [-0.39, 0.29) is 10.8 Å². The first-order chi connectivity index (χ1) is 10.3. The Morgan fingerprint density at radius 3 is 2.64 bits per heavy atom. The summed E-state index contributed by atoms with van der Waals surface area (Å²) in [5.41, 5.74) is 4.27. The quantitative estimate of drug-likeness (QED) is 0.829. The maximum absolute atomic E-state index is 12.9. The van der Waals surface area contributed by atoms with Crippen LogP contribution in [0.3, 0.4) is 0 Å². The molecule has 0 saturated carbocycles. The molecule has 1 aromatic heterocycles. The zero-order chi connectivity index (χ0) is 16.3. The number of amides is 1. The number of hydrogen-bond donors (Lipinski definition) is 2. The number of hydrogen-bond acceptors (Lipinski definition) is 6. The lowest BCUT2D eigenvalue weighted by molar-refractivity contribution is -0.137. The van der Waals surface area contributed by atoms with E-state index >= 15 is 0 Å². The zero-order valence-electron chi connectivity index (χ0n) is 11.2. The fraction of sp³-hybridized carbons (Fsp3) is 0.250. The van der Waals surface area contributed by atoms with Crippen molar-refractivity contribution in [3.63, 3.8) is 0 Å². The molecule has 2 aromatic rings. The van der Waals surface area contributed by atoms with E-state index in [1.54, 1.807) is 6.92 Å². The molecule has 22 heavy (non-hydrogen) atoms. The SMILES string of the molecule is CC(Sc1nnc(N)s1)C(=O)Nc1ccccc1C(F)(F)F. The molecule has 1 unspecified atom stereocenters. The number of nitrogens with one attached hydrogen (secondary N) is 1. The van der Waals surface area contributed by atoms with Gasteiger partial charge in [0, 0.05) is 0 Å². The van der Waals surface area contributed by atoms with Gasteiger partial charge in [0.1, 0.15) is 0 Å². The Labute approximate surface area is 132 Å². The molecule has 3 N–H and O–H groups in total. The molecule has 5 nitrogen and oxygen atoms in total. The van der Waals surface area contributed by atoms with E-state index in [2.05, 4.69) is 15.5 Å². The van der Waals surface area contributed by atoms with Crippen LogP contribution in [0.25, 0.3) is 0 Å². The van der Waals surface area contributed by atoms with Gasteiger partial charge in [-0.1, -0.05) is 35.2 Å². The number of nitrogen functional groups attached to an aromatic ring is 1. The molecule has 0 radical (unpaired) electrons. The second-order valence-electron chi connectivity index (χ2n) is 4.20. The zero-order valence-corrected chi connectivity index (χ0v) is 12.9. The minimum Gasteiger partial charge on any atom is -0.374 e. The molecule has 1 atom stereocenters. The second-order valence-corrected chi connectivity index (χ2v) is 6.80. The van der Waals surface area contributed by atoms with Gasteiger partial charge < -0.3 is 11.1 Å². The molecule has 2 rings (SSSR count). The van der Waals surface area contributed by atoms with E-state index in [0.29, 0.717) is 4.34 Å². The lowest BCUT2D eigenvalue weighted by Crippen LogP contribution is -2.24. The Hall–Kier alpha value is -1.81. The maximum atomic E-state index is 12.9. The first-order valence-corrected chi connectivity index (χ1v) is 7.69. The predicted molar refractivity (Wildman–Crippen MR) is 79.7 cm³/mol. The van der Waals surface area contributed by atoms with E-state index in [1.807, 2.05) is 0 Å². The molecule has 0 aliphatic rings. The topological polar surface area (TPSA) is 80.9 Å². The van der Waals surface area contributed by atoms with Crippen LogP contribution in [-0.4, -0.2) is 21.4 Å². The Bertz CT molecular complexity index is 674. The van der Waals surface area contributed by atoms with Crippen molar-refractivity contribution in [1.29, 1.82) is 0 Å². The third-order valence-electron chi connectivity index (χ3n) is 2.56. The first kappa shape index (κ1) is 16.6. The van der Waals surface area contributed by atoms with E-state index < -0.39 is 22.9 Å². The highest BCUT2D eigenvalue weighted by atomic mass is 32.2. The Morgan fingerprint density at radius 1 is 1.36 bits per heavy atom. The van der Waals surface area contributed by atoms with Crippen molar-refractivity contribution < 1.29 is 18.0 Å². The minimum atomic E-state index is -4.53. The standard InChI is InChI=1S/C12H11F3N4OS2/c1-6(21-11-19-18-10(16)22-11)9(20)17-8-5-3-2-4-7(8)12(13,14)15/h2-6H,1H3,(H2,16,18)(H,17,20). The van der Waals surface area contributed by atoms with Crippen molar-refractivity contribution >= 4 is 39.8 Å². The lowest BCUT2D eigenvalue weighted by Gasteiger charge is -2.15. The summed E-state index contributed by atoms with van der Waals surface area (Å²) in [5, 5.41) is 9.26. The number of halogens is 3. The predicted octanol–water partition coefficient (Wildman–Crippen LogP) is 3.26. The van der Waals surface area contributed by atoms with Crippen LogP contribution in [0.15, 0.2) is 28.6 Å². The van der Waals surface area contributed by atoms with Crippen LogP contribution in [0.5, 0.6) is 0 Å². The number of para-hydroxylation sites is 1. The number of nitrogens with two attached hydrogens (primary N) is 1. The van der Waals surface area contributed by atoms with E-state index in [0.717, 1.165) is 29.2 Å². The van der Waals surface area contributed by atoms with Gasteiger partial charge in [-0.05, 0) is 19.1 Å². The number of nitrogens with zero attached hydrogens (tertiary/aromatic N) is 2. The average molecular weight is 348 g/mol. The molecule has 0 spiro atoms. The third kappa shape index (κ3) is 4.10. The summed E-state index contributed by atoms with van der Waals surface area (Å²) in [4.78, 5) is 12.0. The van der Waals surface area contributed by atoms with Gasteiger partial charge >= 0.3 is 6.18 Å². The van der Waals surface area contributed by atoms with Gasteiger partial charge in [-0.2, -0.15) is 13.2 Å². The molecule has 1 amide bonds.